The summed E-state index contributed by atoms with van der Waals surface area (Å²) in [5.74, 6) is 1.28. The molecule has 0 radical (unpaired) electrons. The van der Waals surface area contributed by atoms with Crippen LogP contribution in [-0.4, -0.2) is 30.5 Å². The van der Waals surface area contributed by atoms with E-state index in [-0.39, 0.29) is 0 Å². The van der Waals surface area contributed by atoms with E-state index in [0.29, 0.717) is 19.0 Å². The first-order chi connectivity index (χ1) is 11.0. The third kappa shape index (κ3) is 6.06. The number of piperidine rings is 1. The van der Waals surface area contributed by atoms with Gasteiger partial charge in [0, 0.05) is 19.6 Å². The van der Waals surface area contributed by atoms with E-state index in [1.165, 1.54) is 37.1 Å². The second-order valence-corrected chi connectivity index (χ2v) is 6.76. The fourth-order valence-electron chi connectivity index (χ4n) is 3.00. The van der Waals surface area contributed by atoms with Crippen LogP contribution in [0.15, 0.2) is 41.4 Å². The zero-order valence-electron chi connectivity index (χ0n) is 14.5. The molecular weight excluding hydrogens is 284 g/mol. The van der Waals surface area contributed by atoms with Crippen LogP contribution >= 0.6 is 0 Å². The van der Waals surface area contributed by atoms with Gasteiger partial charge in [0.2, 0.25) is 0 Å². The molecule has 1 aliphatic rings. The first-order valence-corrected chi connectivity index (χ1v) is 8.52. The molecule has 4 heteroatoms. The van der Waals surface area contributed by atoms with Crippen molar-refractivity contribution < 1.29 is 0 Å². The molecule has 23 heavy (non-hydrogen) atoms. The maximum absolute atomic E-state index is 5.91. The summed E-state index contributed by atoms with van der Waals surface area (Å²) >= 11 is 0. The van der Waals surface area contributed by atoms with Gasteiger partial charge in [0.05, 0.1) is 6.54 Å². The number of nitrogens with one attached hydrogen (secondary N) is 1. The summed E-state index contributed by atoms with van der Waals surface area (Å²) in [6.45, 7) is 12.9. The topological polar surface area (TPSA) is 53.6 Å². The molecule has 1 aromatic carbocycles. The fraction of sp³-hybridized carbons (Fsp3) is 0.526. The molecule has 0 amide bonds. The lowest BCUT2D eigenvalue weighted by Gasteiger charge is -2.31. The molecule has 1 atom stereocenters. The van der Waals surface area contributed by atoms with Crippen LogP contribution in [0.3, 0.4) is 0 Å². The number of hydrogen-bond donors (Lipinski definition) is 2. The minimum Gasteiger partial charge on any atom is -0.370 e. The zero-order chi connectivity index (χ0) is 16.7. The van der Waals surface area contributed by atoms with E-state index < -0.39 is 0 Å². The third-order valence-electron chi connectivity index (χ3n) is 4.24. The van der Waals surface area contributed by atoms with Crippen LogP contribution in [0.1, 0.15) is 37.8 Å². The smallest absolute Gasteiger partial charge is 0.189 e. The molecule has 1 saturated heterocycles. The van der Waals surface area contributed by atoms with Gasteiger partial charge >= 0.3 is 0 Å². The van der Waals surface area contributed by atoms with Crippen molar-refractivity contribution >= 4 is 5.96 Å². The van der Waals surface area contributed by atoms with Gasteiger partial charge in [-0.3, -0.25) is 4.90 Å². The third-order valence-corrected chi connectivity index (χ3v) is 4.24. The van der Waals surface area contributed by atoms with Crippen LogP contribution in [0, 0.1) is 5.92 Å². The van der Waals surface area contributed by atoms with Gasteiger partial charge in [-0.25, -0.2) is 4.99 Å². The van der Waals surface area contributed by atoms with Crippen molar-refractivity contribution in [3.05, 3.63) is 47.5 Å². The number of rotatable bonds is 6. The molecule has 0 aliphatic carbocycles. The van der Waals surface area contributed by atoms with Crippen molar-refractivity contribution in [2.24, 2.45) is 16.6 Å². The number of guanidine groups is 1. The Balaban J connectivity index is 1.97. The van der Waals surface area contributed by atoms with Crippen LogP contribution in [-0.2, 0) is 13.1 Å². The van der Waals surface area contributed by atoms with E-state index in [2.05, 4.69) is 53.0 Å². The SMILES string of the molecule is C=C(C)CNC(N)=NCc1ccccc1CN1CCCC(C)C1. The number of aliphatic imine (C=N–C) groups is 1. The van der Waals surface area contributed by atoms with Crippen LogP contribution in [0.4, 0.5) is 0 Å². The van der Waals surface area contributed by atoms with Crippen molar-refractivity contribution in [3.63, 3.8) is 0 Å². The molecule has 1 unspecified atom stereocenters. The maximum atomic E-state index is 5.91. The summed E-state index contributed by atoms with van der Waals surface area (Å²) in [4.78, 5) is 7.01. The van der Waals surface area contributed by atoms with Crippen molar-refractivity contribution in [2.45, 2.75) is 39.8 Å². The molecule has 0 saturated carbocycles. The number of benzene rings is 1. The summed E-state index contributed by atoms with van der Waals surface area (Å²) in [7, 11) is 0. The average Bonchev–Trinajstić information content (AvgIpc) is 2.52. The highest BCUT2D eigenvalue weighted by molar-refractivity contribution is 5.78. The molecule has 0 bridgehead atoms. The van der Waals surface area contributed by atoms with Crippen LogP contribution in [0.25, 0.3) is 0 Å². The van der Waals surface area contributed by atoms with Gasteiger partial charge < -0.3 is 11.1 Å². The Kier molecular flexibility index (Phi) is 6.66. The maximum Gasteiger partial charge on any atom is 0.189 e. The molecule has 4 nitrogen and oxygen atoms in total. The first kappa shape index (κ1) is 17.5. The van der Waals surface area contributed by atoms with Gasteiger partial charge in [-0.15, -0.1) is 0 Å². The van der Waals surface area contributed by atoms with E-state index >= 15 is 0 Å². The normalized spacial score (nSPS) is 19.6. The number of nitrogens with two attached hydrogens (primary N) is 1. The van der Waals surface area contributed by atoms with E-state index in [9.17, 15) is 0 Å². The second-order valence-electron chi connectivity index (χ2n) is 6.76. The predicted octanol–water partition coefficient (Wildman–Crippen LogP) is 2.90. The largest absolute Gasteiger partial charge is 0.370 e. The fourth-order valence-corrected chi connectivity index (χ4v) is 3.00. The Labute approximate surface area is 140 Å². The molecule has 2 rings (SSSR count). The van der Waals surface area contributed by atoms with Crippen molar-refractivity contribution in [2.75, 3.05) is 19.6 Å². The molecule has 1 fully saturated rings. The molecule has 1 aliphatic heterocycles. The lowest BCUT2D eigenvalue weighted by molar-refractivity contribution is 0.176. The van der Waals surface area contributed by atoms with E-state index in [1.807, 2.05) is 6.92 Å². The zero-order valence-corrected chi connectivity index (χ0v) is 14.5. The van der Waals surface area contributed by atoms with Gasteiger partial charge in [0.25, 0.3) is 0 Å². The Morgan fingerprint density at radius 3 is 2.83 bits per heavy atom. The standard InChI is InChI=1S/C19H30N4/c1-15(2)11-21-19(20)22-12-17-8-4-5-9-18(17)14-23-10-6-7-16(3)13-23/h4-5,8-9,16H,1,6-7,10-14H2,2-3H3,(H3,20,21,22). The first-order valence-electron chi connectivity index (χ1n) is 8.52. The predicted molar refractivity (Wildman–Crippen MR) is 98.3 cm³/mol. The molecule has 1 aromatic rings. The lowest BCUT2D eigenvalue weighted by Crippen LogP contribution is -2.34. The van der Waals surface area contributed by atoms with Gasteiger partial charge in [0.1, 0.15) is 0 Å². The Morgan fingerprint density at radius 2 is 2.13 bits per heavy atom. The summed E-state index contributed by atoms with van der Waals surface area (Å²) in [6.07, 6.45) is 2.66. The van der Waals surface area contributed by atoms with E-state index in [4.69, 9.17) is 5.73 Å². The van der Waals surface area contributed by atoms with E-state index in [0.717, 1.165) is 18.0 Å². The molecule has 0 aromatic heterocycles. The van der Waals surface area contributed by atoms with Crippen LogP contribution in [0.5, 0.6) is 0 Å². The Morgan fingerprint density at radius 1 is 1.39 bits per heavy atom. The minimum atomic E-state index is 0.481. The monoisotopic (exact) mass is 314 g/mol. The van der Waals surface area contributed by atoms with Gasteiger partial charge in [-0.05, 0) is 43.4 Å². The number of hydrogen-bond acceptors (Lipinski definition) is 2. The highest BCUT2D eigenvalue weighted by Crippen LogP contribution is 2.19. The molecule has 3 N–H and O–H groups in total. The summed E-state index contributed by atoms with van der Waals surface area (Å²) in [5, 5.41) is 3.08. The van der Waals surface area contributed by atoms with E-state index in [1.54, 1.807) is 0 Å². The van der Waals surface area contributed by atoms with Crippen molar-refractivity contribution in [1.29, 1.82) is 0 Å². The van der Waals surface area contributed by atoms with Crippen molar-refractivity contribution in [3.8, 4) is 0 Å². The molecule has 126 valence electrons. The summed E-state index contributed by atoms with van der Waals surface area (Å²) in [6, 6.07) is 8.54. The molecule has 1 heterocycles. The quantitative estimate of drug-likeness (QED) is 0.482. The molecular formula is C19H30N4. The highest BCUT2D eigenvalue weighted by atomic mass is 15.1. The highest BCUT2D eigenvalue weighted by Gasteiger charge is 2.17. The Hall–Kier alpha value is -1.81. The second kappa shape index (κ2) is 8.73. The van der Waals surface area contributed by atoms with Crippen molar-refractivity contribution in [1.82, 2.24) is 10.2 Å². The number of nitrogens with zero attached hydrogens (tertiary/aromatic N) is 2. The van der Waals surface area contributed by atoms with Gasteiger partial charge in [-0.1, -0.05) is 43.3 Å². The van der Waals surface area contributed by atoms with Crippen LogP contribution in [0.2, 0.25) is 0 Å². The van der Waals surface area contributed by atoms with Gasteiger partial charge in [-0.2, -0.15) is 0 Å². The summed E-state index contributed by atoms with van der Waals surface area (Å²) < 4.78 is 0. The number of likely N-dealkylation sites (tertiary alicyclic amines) is 1. The average molecular weight is 314 g/mol. The van der Waals surface area contributed by atoms with Gasteiger partial charge in [0.15, 0.2) is 5.96 Å². The Bertz CT molecular complexity index is 550. The summed E-state index contributed by atoms with van der Waals surface area (Å²) in [5.41, 5.74) is 9.57. The minimum absolute atomic E-state index is 0.481. The lowest BCUT2D eigenvalue weighted by atomic mass is 9.99. The molecule has 0 spiro atoms. The van der Waals surface area contributed by atoms with Crippen LogP contribution < -0.4 is 11.1 Å².